The summed E-state index contributed by atoms with van der Waals surface area (Å²) in [5, 5.41) is 3.66. The van der Waals surface area contributed by atoms with Crippen molar-refractivity contribution in [1.29, 1.82) is 0 Å². The Labute approximate surface area is 163 Å². The molecule has 1 amide bonds. The van der Waals surface area contributed by atoms with Gasteiger partial charge in [0.15, 0.2) is 4.77 Å². The molecule has 1 aromatic carbocycles. The van der Waals surface area contributed by atoms with Gasteiger partial charge in [0.1, 0.15) is 0 Å². The third-order valence-electron chi connectivity index (χ3n) is 5.25. The van der Waals surface area contributed by atoms with Gasteiger partial charge in [-0.05, 0) is 55.6 Å². The standard InChI is InChI=1S/C20H27N3O3S/c1-13-5-3-6-15(11-13)21-18(24)14-7-8-16-17(12-14)22-20(27)23(19(16)25)9-4-10-26-2/h7-8,12-13,15H,3-6,9-11H2,1-2H3,(H,21,24)(H,22,27). The maximum atomic E-state index is 12.7. The van der Waals surface area contributed by atoms with Gasteiger partial charge in [0, 0.05) is 31.9 Å². The molecule has 2 N–H and O–H groups in total. The van der Waals surface area contributed by atoms with Crippen LogP contribution in [-0.2, 0) is 11.3 Å². The smallest absolute Gasteiger partial charge is 0.262 e. The number of hydrogen-bond donors (Lipinski definition) is 2. The summed E-state index contributed by atoms with van der Waals surface area (Å²) < 4.78 is 6.94. The second-order valence-corrected chi connectivity index (χ2v) is 7.82. The van der Waals surface area contributed by atoms with Crippen molar-refractivity contribution in [2.45, 2.75) is 51.6 Å². The largest absolute Gasteiger partial charge is 0.385 e. The number of nitrogens with one attached hydrogen (secondary N) is 2. The summed E-state index contributed by atoms with van der Waals surface area (Å²) in [6.07, 6.45) is 5.14. The Morgan fingerprint density at radius 3 is 2.96 bits per heavy atom. The summed E-state index contributed by atoms with van der Waals surface area (Å²) >= 11 is 5.34. The number of aromatic amines is 1. The zero-order valence-electron chi connectivity index (χ0n) is 15.9. The molecule has 0 saturated heterocycles. The van der Waals surface area contributed by atoms with Gasteiger partial charge >= 0.3 is 0 Å². The molecule has 27 heavy (non-hydrogen) atoms. The van der Waals surface area contributed by atoms with E-state index in [1.165, 1.54) is 6.42 Å². The zero-order chi connectivity index (χ0) is 19.4. The number of benzene rings is 1. The predicted molar refractivity (Wildman–Crippen MR) is 109 cm³/mol. The van der Waals surface area contributed by atoms with Gasteiger partial charge in [-0.3, -0.25) is 14.2 Å². The fourth-order valence-corrected chi connectivity index (χ4v) is 4.08. The lowest BCUT2D eigenvalue weighted by molar-refractivity contribution is 0.0921. The minimum Gasteiger partial charge on any atom is -0.385 e. The Kier molecular flexibility index (Phi) is 6.44. The minimum absolute atomic E-state index is 0.0976. The fourth-order valence-electron chi connectivity index (χ4n) is 3.80. The van der Waals surface area contributed by atoms with Crippen molar-refractivity contribution in [1.82, 2.24) is 14.9 Å². The highest BCUT2D eigenvalue weighted by molar-refractivity contribution is 7.71. The second kappa shape index (κ2) is 8.80. The van der Waals surface area contributed by atoms with Gasteiger partial charge in [0.05, 0.1) is 10.9 Å². The molecule has 0 radical (unpaired) electrons. The average molecular weight is 390 g/mol. The van der Waals surface area contributed by atoms with Gasteiger partial charge in [0.2, 0.25) is 0 Å². The number of ether oxygens (including phenoxy) is 1. The predicted octanol–water partition coefficient (Wildman–Crippen LogP) is 3.40. The fraction of sp³-hybridized carbons (Fsp3) is 0.550. The summed E-state index contributed by atoms with van der Waals surface area (Å²) in [4.78, 5) is 28.4. The van der Waals surface area contributed by atoms with E-state index in [-0.39, 0.29) is 17.5 Å². The van der Waals surface area contributed by atoms with Crippen molar-refractivity contribution >= 4 is 29.0 Å². The Bertz CT molecular complexity index is 934. The third kappa shape index (κ3) is 4.65. The molecule has 1 aromatic heterocycles. The van der Waals surface area contributed by atoms with Crippen LogP contribution in [0.4, 0.5) is 0 Å². The number of carbonyl (C=O) groups is 1. The molecule has 2 atom stereocenters. The third-order valence-corrected chi connectivity index (χ3v) is 5.57. The van der Waals surface area contributed by atoms with E-state index < -0.39 is 0 Å². The van der Waals surface area contributed by atoms with Gasteiger partial charge in [-0.25, -0.2) is 0 Å². The van der Waals surface area contributed by atoms with Crippen LogP contribution < -0.4 is 10.9 Å². The summed E-state index contributed by atoms with van der Waals surface area (Å²) in [5.41, 5.74) is 0.999. The number of amides is 1. The molecular formula is C20H27N3O3S. The van der Waals surface area contributed by atoms with Crippen LogP contribution in [0, 0.1) is 10.7 Å². The lowest BCUT2D eigenvalue weighted by Crippen LogP contribution is -2.38. The van der Waals surface area contributed by atoms with E-state index in [0.29, 0.717) is 46.7 Å². The van der Waals surface area contributed by atoms with Crippen molar-refractivity contribution in [3.63, 3.8) is 0 Å². The van der Waals surface area contributed by atoms with Gasteiger partial charge < -0.3 is 15.0 Å². The number of methoxy groups -OCH3 is 1. The van der Waals surface area contributed by atoms with Gasteiger partial charge in [-0.1, -0.05) is 19.8 Å². The maximum absolute atomic E-state index is 12.7. The molecule has 2 aromatic rings. The average Bonchev–Trinajstić information content (AvgIpc) is 2.64. The van der Waals surface area contributed by atoms with Crippen LogP contribution in [-0.4, -0.2) is 35.2 Å². The van der Waals surface area contributed by atoms with Crippen LogP contribution >= 0.6 is 12.2 Å². The number of H-pyrrole nitrogens is 1. The SMILES string of the molecule is COCCCn1c(=S)[nH]c2cc(C(=O)NC3CCCC(C)C3)ccc2c1=O. The lowest BCUT2D eigenvalue weighted by Gasteiger charge is -2.27. The van der Waals surface area contributed by atoms with Gasteiger partial charge in [-0.15, -0.1) is 0 Å². The summed E-state index contributed by atoms with van der Waals surface area (Å²) in [7, 11) is 1.63. The maximum Gasteiger partial charge on any atom is 0.262 e. The summed E-state index contributed by atoms with van der Waals surface area (Å²) in [6, 6.07) is 5.35. The van der Waals surface area contributed by atoms with Crippen LogP contribution in [0.5, 0.6) is 0 Å². The molecule has 1 heterocycles. The molecule has 0 bridgehead atoms. The Morgan fingerprint density at radius 2 is 2.22 bits per heavy atom. The Hall–Kier alpha value is -1.99. The molecule has 1 aliphatic carbocycles. The first-order valence-corrected chi connectivity index (χ1v) is 9.97. The highest BCUT2D eigenvalue weighted by atomic mass is 32.1. The number of aromatic nitrogens is 2. The molecule has 6 nitrogen and oxygen atoms in total. The van der Waals surface area contributed by atoms with E-state index in [1.807, 2.05) is 0 Å². The van der Waals surface area contributed by atoms with Gasteiger partial charge in [0.25, 0.3) is 11.5 Å². The number of nitrogens with zero attached hydrogens (tertiary/aromatic N) is 1. The van der Waals surface area contributed by atoms with E-state index in [2.05, 4.69) is 17.2 Å². The van der Waals surface area contributed by atoms with Crippen molar-refractivity contribution in [2.75, 3.05) is 13.7 Å². The zero-order valence-corrected chi connectivity index (χ0v) is 16.7. The van der Waals surface area contributed by atoms with E-state index in [9.17, 15) is 9.59 Å². The molecule has 0 aliphatic heterocycles. The molecule has 1 saturated carbocycles. The highest BCUT2D eigenvalue weighted by Gasteiger charge is 2.21. The number of carbonyl (C=O) groups excluding carboxylic acids is 1. The summed E-state index contributed by atoms with van der Waals surface area (Å²) in [5.74, 6) is 0.549. The van der Waals surface area contributed by atoms with E-state index in [0.717, 1.165) is 19.3 Å². The highest BCUT2D eigenvalue weighted by Crippen LogP contribution is 2.24. The monoisotopic (exact) mass is 389 g/mol. The topological polar surface area (TPSA) is 76.1 Å². The van der Waals surface area contributed by atoms with Crippen LogP contribution in [0.3, 0.4) is 0 Å². The van der Waals surface area contributed by atoms with Crippen LogP contribution in [0.15, 0.2) is 23.0 Å². The molecule has 1 fully saturated rings. The quantitative estimate of drug-likeness (QED) is 0.586. The molecule has 7 heteroatoms. The summed E-state index contributed by atoms with van der Waals surface area (Å²) in [6.45, 7) is 3.30. The van der Waals surface area contributed by atoms with E-state index >= 15 is 0 Å². The van der Waals surface area contributed by atoms with Crippen molar-refractivity contribution in [3.05, 3.63) is 38.9 Å². The van der Waals surface area contributed by atoms with Crippen LogP contribution in [0.2, 0.25) is 0 Å². The molecule has 2 unspecified atom stereocenters. The van der Waals surface area contributed by atoms with Crippen LogP contribution in [0.25, 0.3) is 10.9 Å². The normalized spacial score (nSPS) is 19.9. The van der Waals surface area contributed by atoms with E-state index in [1.54, 1.807) is 29.9 Å². The number of fused-ring (bicyclic) bond motifs is 1. The molecule has 1 aliphatic rings. The first kappa shape index (κ1) is 19.8. The Balaban J connectivity index is 1.82. The van der Waals surface area contributed by atoms with E-state index in [4.69, 9.17) is 17.0 Å². The molecular weight excluding hydrogens is 362 g/mol. The van der Waals surface area contributed by atoms with Crippen molar-refractivity contribution < 1.29 is 9.53 Å². The minimum atomic E-state index is -0.141. The number of hydrogen-bond acceptors (Lipinski definition) is 4. The second-order valence-electron chi connectivity index (χ2n) is 7.44. The Morgan fingerprint density at radius 1 is 1.41 bits per heavy atom. The van der Waals surface area contributed by atoms with Crippen molar-refractivity contribution in [2.24, 2.45) is 5.92 Å². The molecule has 146 valence electrons. The van der Waals surface area contributed by atoms with Crippen LogP contribution in [0.1, 0.15) is 49.4 Å². The molecule has 3 rings (SSSR count). The van der Waals surface area contributed by atoms with Crippen molar-refractivity contribution in [3.8, 4) is 0 Å². The first-order valence-electron chi connectivity index (χ1n) is 9.56. The lowest BCUT2D eigenvalue weighted by atomic mass is 9.87. The number of rotatable bonds is 6. The molecule has 0 spiro atoms. The first-order chi connectivity index (χ1) is 13.0. The van der Waals surface area contributed by atoms with Gasteiger partial charge in [-0.2, -0.15) is 0 Å².